The summed E-state index contributed by atoms with van der Waals surface area (Å²) in [6.45, 7) is 0. The molecule has 0 saturated heterocycles. The average Bonchev–Trinajstić information content (AvgIpc) is 2.71. The predicted molar refractivity (Wildman–Crippen MR) is 59.2 cm³/mol. The van der Waals surface area contributed by atoms with Crippen LogP contribution in [0.5, 0.6) is 0 Å². The van der Waals surface area contributed by atoms with Crippen molar-refractivity contribution in [2.24, 2.45) is 0 Å². The van der Waals surface area contributed by atoms with E-state index >= 15 is 0 Å². The maximum atomic E-state index is 11.3. The van der Waals surface area contributed by atoms with Crippen molar-refractivity contribution in [3.05, 3.63) is 24.2 Å². The van der Waals surface area contributed by atoms with Gasteiger partial charge in [-0.15, -0.1) is 11.8 Å². The number of carbonyl (C=O) groups excluding carboxylic acids is 1. The van der Waals surface area contributed by atoms with Crippen molar-refractivity contribution < 1.29 is 9.53 Å². The van der Waals surface area contributed by atoms with E-state index in [9.17, 15) is 4.79 Å². The standard InChI is InChI=1S/C10H10N2O2S/c1-14-10(13)7-3-6-8(12-7)4-11-5-9(6)15-2/h3-5,12H,1-2H3. The van der Waals surface area contributed by atoms with Gasteiger partial charge in [-0.2, -0.15) is 0 Å². The van der Waals surface area contributed by atoms with Crippen molar-refractivity contribution in [2.45, 2.75) is 4.90 Å². The second kappa shape index (κ2) is 3.94. The molecule has 0 amide bonds. The second-order valence-corrected chi connectivity index (χ2v) is 3.83. The van der Waals surface area contributed by atoms with Gasteiger partial charge in [-0.1, -0.05) is 0 Å². The van der Waals surface area contributed by atoms with Crippen molar-refractivity contribution in [1.29, 1.82) is 0 Å². The number of nitrogens with one attached hydrogen (secondary N) is 1. The van der Waals surface area contributed by atoms with Crippen LogP contribution in [0, 0.1) is 0 Å². The van der Waals surface area contributed by atoms with Crippen molar-refractivity contribution >= 4 is 28.6 Å². The second-order valence-electron chi connectivity index (χ2n) is 2.98. The Morgan fingerprint density at radius 3 is 3.00 bits per heavy atom. The van der Waals surface area contributed by atoms with Crippen LogP contribution in [0.3, 0.4) is 0 Å². The maximum absolute atomic E-state index is 11.3. The number of carbonyl (C=O) groups is 1. The van der Waals surface area contributed by atoms with Gasteiger partial charge >= 0.3 is 5.97 Å². The molecule has 2 heterocycles. The van der Waals surface area contributed by atoms with Crippen LogP contribution in [0.1, 0.15) is 10.5 Å². The van der Waals surface area contributed by atoms with E-state index < -0.39 is 0 Å². The Balaban J connectivity index is 2.60. The fourth-order valence-electron chi connectivity index (χ4n) is 1.41. The number of aromatic amines is 1. The van der Waals surface area contributed by atoms with Gasteiger partial charge in [0.1, 0.15) is 5.69 Å². The van der Waals surface area contributed by atoms with E-state index in [4.69, 9.17) is 0 Å². The molecule has 0 aliphatic rings. The molecule has 4 nitrogen and oxygen atoms in total. The Bertz CT molecular complexity index is 507. The molecule has 0 aromatic carbocycles. The number of nitrogens with zero attached hydrogens (tertiary/aromatic N) is 1. The third kappa shape index (κ3) is 1.70. The van der Waals surface area contributed by atoms with Gasteiger partial charge in [0, 0.05) is 16.5 Å². The Morgan fingerprint density at radius 1 is 1.53 bits per heavy atom. The first-order chi connectivity index (χ1) is 7.26. The van der Waals surface area contributed by atoms with Crippen LogP contribution in [0.15, 0.2) is 23.4 Å². The molecule has 5 heteroatoms. The normalized spacial score (nSPS) is 10.5. The van der Waals surface area contributed by atoms with Crippen molar-refractivity contribution in [2.75, 3.05) is 13.4 Å². The molecule has 2 aromatic heterocycles. The van der Waals surface area contributed by atoms with Crippen LogP contribution in [0.25, 0.3) is 10.9 Å². The van der Waals surface area contributed by atoms with Gasteiger partial charge in [-0.25, -0.2) is 4.79 Å². The summed E-state index contributed by atoms with van der Waals surface area (Å²) in [5.74, 6) is -0.363. The van der Waals surface area contributed by atoms with E-state index in [0.717, 1.165) is 15.8 Å². The Hall–Kier alpha value is -1.49. The molecular formula is C10H10N2O2S. The van der Waals surface area contributed by atoms with E-state index in [1.165, 1.54) is 7.11 Å². The number of esters is 1. The highest BCUT2D eigenvalue weighted by atomic mass is 32.2. The molecule has 0 aliphatic carbocycles. The average molecular weight is 222 g/mol. The third-order valence-corrected chi connectivity index (χ3v) is 2.90. The number of ether oxygens (including phenoxy) is 1. The first kappa shape index (κ1) is 10.0. The number of thioether (sulfide) groups is 1. The maximum Gasteiger partial charge on any atom is 0.354 e. The first-order valence-corrected chi connectivity index (χ1v) is 5.57. The zero-order valence-electron chi connectivity index (χ0n) is 8.40. The molecule has 0 aliphatic heterocycles. The van der Waals surface area contributed by atoms with Gasteiger partial charge in [0.2, 0.25) is 0 Å². The van der Waals surface area contributed by atoms with Gasteiger partial charge in [0.05, 0.1) is 18.8 Å². The van der Waals surface area contributed by atoms with Crippen molar-refractivity contribution in [3.63, 3.8) is 0 Å². The molecule has 0 spiro atoms. The highest BCUT2D eigenvalue weighted by Gasteiger charge is 2.11. The highest BCUT2D eigenvalue weighted by molar-refractivity contribution is 7.98. The number of hydrogen-bond donors (Lipinski definition) is 1. The third-order valence-electron chi connectivity index (χ3n) is 2.13. The minimum Gasteiger partial charge on any atom is -0.464 e. The van der Waals surface area contributed by atoms with Crippen LogP contribution in [-0.4, -0.2) is 29.3 Å². The molecule has 0 radical (unpaired) electrons. The van der Waals surface area contributed by atoms with Crippen LogP contribution < -0.4 is 0 Å². The van der Waals surface area contributed by atoms with E-state index in [1.54, 1.807) is 30.2 Å². The zero-order valence-corrected chi connectivity index (χ0v) is 9.22. The number of methoxy groups -OCH3 is 1. The molecule has 78 valence electrons. The summed E-state index contributed by atoms with van der Waals surface area (Å²) in [6, 6.07) is 1.79. The summed E-state index contributed by atoms with van der Waals surface area (Å²) in [4.78, 5) is 19.4. The number of fused-ring (bicyclic) bond motifs is 1. The lowest BCUT2D eigenvalue weighted by atomic mass is 10.3. The van der Waals surface area contributed by atoms with Gasteiger partial charge in [0.25, 0.3) is 0 Å². The van der Waals surface area contributed by atoms with E-state index in [0.29, 0.717) is 5.69 Å². The summed E-state index contributed by atoms with van der Waals surface area (Å²) in [5, 5.41) is 0.998. The molecule has 0 fully saturated rings. The number of hydrogen-bond acceptors (Lipinski definition) is 4. The Morgan fingerprint density at radius 2 is 2.33 bits per heavy atom. The fourth-order valence-corrected chi connectivity index (χ4v) is 1.96. The van der Waals surface area contributed by atoms with Crippen molar-refractivity contribution in [3.8, 4) is 0 Å². The topological polar surface area (TPSA) is 55.0 Å². The quantitative estimate of drug-likeness (QED) is 0.624. The summed E-state index contributed by atoms with van der Waals surface area (Å²) in [5.41, 5.74) is 1.30. The number of aromatic nitrogens is 2. The monoisotopic (exact) mass is 222 g/mol. The van der Waals surface area contributed by atoms with Crippen LogP contribution in [0.2, 0.25) is 0 Å². The molecule has 0 saturated carbocycles. The number of pyridine rings is 1. The summed E-state index contributed by atoms with van der Waals surface area (Å²) < 4.78 is 4.64. The summed E-state index contributed by atoms with van der Waals surface area (Å²) in [7, 11) is 1.36. The zero-order chi connectivity index (χ0) is 10.8. The lowest BCUT2D eigenvalue weighted by Crippen LogP contribution is -2.00. The predicted octanol–water partition coefficient (Wildman–Crippen LogP) is 2.07. The molecular weight excluding hydrogens is 212 g/mol. The van der Waals surface area contributed by atoms with Crippen LogP contribution >= 0.6 is 11.8 Å². The fraction of sp³-hybridized carbons (Fsp3) is 0.200. The highest BCUT2D eigenvalue weighted by Crippen LogP contribution is 2.25. The molecule has 2 rings (SSSR count). The summed E-state index contributed by atoms with van der Waals surface area (Å²) in [6.07, 6.45) is 5.45. The number of H-pyrrole nitrogens is 1. The minimum atomic E-state index is -0.363. The van der Waals surface area contributed by atoms with Crippen molar-refractivity contribution in [1.82, 2.24) is 9.97 Å². The molecule has 2 aromatic rings. The van der Waals surface area contributed by atoms with Gasteiger partial charge in [-0.3, -0.25) is 4.98 Å². The van der Waals surface area contributed by atoms with Crippen LogP contribution in [0.4, 0.5) is 0 Å². The smallest absolute Gasteiger partial charge is 0.354 e. The van der Waals surface area contributed by atoms with Gasteiger partial charge < -0.3 is 9.72 Å². The lowest BCUT2D eigenvalue weighted by Gasteiger charge is -1.95. The van der Waals surface area contributed by atoms with E-state index in [1.807, 2.05) is 6.26 Å². The van der Waals surface area contributed by atoms with Crippen LogP contribution in [-0.2, 0) is 4.74 Å². The number of rotatable bonds is 2. The molecule has 0 atom stereocenters. The van der Waals surface area contributed by atoms with Gasteiger partial charge in [-0.05, 0) is 12.3 Å². The molecule has 1 N–H and O–H groups in total. The van der Waals surface area contributed by atoms with E-state index in [-0.39, 0.29) is 5.97 Å². The Kier molecular flexibility index (Phi) is 2.64. The first-order valence-electron chi connectivity index (χ1n) is 4.35. The van der Waals surface area contributed by atoms with E-state index in [2.05, 4.69) is 14.7 Å². The summed E-state index contributed by atoms with van der Waals surface area (Å²) >= 11 is 1.60. The minimum absolute atomic E-state index is 0.363. The Labute approximate surface area is 91.0 Å². The largest absolute Gasteiger partial charge is 0.464 e. The lowest BCUT2D eigenvalue weighted by molar-refractivity contribution is 0.0595. The van der Waals surface area contributed by atoms with Gasteiger partial charge in [0.15, 0.2) is 0 Å². The molecule has 15 heavy (non-hydrogen) atoms. The SMILES string of the molecule is COC(=O)c1cc2c(SC)cncc2[nH]1. The molecule has 0 bridgehead atoms. The molecule has 0 unspecified atom stereocenters.